The van der Waals surface area contributed by atoms with Crippen LogP contribution in [0.4, 0.5) is 4.39 Å². The lowest BCUT2D eigenvalue weighted by Crippen LogP contribution is -2.37. The van der Waals surface area contributed by atoms with Crippen molar-refractivity contribution in [3.63, 3.8) is 0 Å². The molecule has 0 saturated heterocycles. The average molecular weight is 326 g/mol. The summed E-state index contributed by atoms with van der Waals surface area (Å²) in [5.74, 6) is -0.382. The van der Waals surface area contributed by atoms with Gasteiger partial charge in [-0.15, -0.1) is 0 Å². The van der Waals surface area contributed by atoms with Gasteiger partial charge >= 0.3 is 0 Å². The number of halogens is 2. The molecule has 0 bridgehead atoms. The summed E-state index contributed by atoms with van der Waals surface area (Å²) in [5, 5.41) is 4.19. The number of hydrogen-bond acceptors (Lipinski definition) is 3. The number of aromatic nitrogens is 2. The molecular formula is C15H17ClFN3O2. The molecule has 22 heavy (non-hydrogen) atoms. The van der Waals surface area contributed by atoms with Gasteiger partial charge < -0.3 is 9.64 Å². The Morgan fingerprint density at radius 3 is 2.86 bits per heavy atom. The Bertz CT molecular complexity index is 675. The van der Waals surface area contributed by atoms with Crippen molar-refractivity contribution in [2.24, 2.45) is 7.05 Å². The molecule has 1 aromatic carbocycles. The Morgan fingerprint density at radius 2 is 2.27 bits per heavy atom. The molecule has 2 aromatic rings. The summed E-state index contributed by atoms with van der Waals surface area (Å²) in [5.41, 5.74) is 0.922. The lowest BCUT2D eigenvalue weighted by Gasteiger charge is -2.22. The van der Waals surface area contributed by atoms with E-state index in [1.165, 1.54) is 12.1 Å². The van der Waals surface area contributed by atoms with E-state index < -0.39 is 11.9 Å². The first kappa shape index (κ1) is 16.3. The molecule has 7 heteroatoms. The third kappa shape index (κ3) is 3.98. The standard InChI is InChI=1S/C15H17ClFN3O2/c1-10(22-14-5-4-12(17)6-13(14)16)15(21)19(2)8-11-7-18-20(3)9-11/h4-7,9-10H,8H2,1-3H3. The van der Waals surface area contributed by atoms with Crippen molar-refractivity contribution < 1.29 is 13.9 Å². The van der Waals surface area contributed by atoms with Crippen molar-refractivity contribution in [3.05, 3.63) is 47.0 Å². The van der Waals surface area contributed by atoms with Gasteiger partial charge in [0.05, 0.1) is 11.2 Å². The predicted molar refractivity (Wildman–Crippen MR) is 81.2 cm³/mol. The summed E-state index contributed by atoms with van der Waals surface area (Å²) in [6.07, 6.45) is 2.81. The molecule has 0 aliphatic carbocycles. The van der Waals surface area contributed by atoms with Crippen LogP contribution in [0.2, 0.25) is 5.02 Å². The Balaban J connectivity index is 1.98. The number of hydrogen-bond donors (Lipinski definition) is 0. The highest BCUT2D eigenvalue weighted by atomic mass is 35.5. The highest BCUT2D eigenvalue weighted by Gasteiger charge is 2.20. The van der Waals surface area contributed by atoms with E-state index in [9.17, 15) is 9.18 Å². The number of ether oxygens (including phenoxy) is 1. The van der Waals surface area contributed by atoms with E-state index in [0.717, 1.165) is 11.6 Å². The molecule has 0 spiro atoms. The van der Waals surface area contributed by atoms with E-state index >= 15 is 0 Å². The largest absolute Gasteiger partial charge is 0.479 e. The second-order valence-electron chi connectivity index (χ2n) is 5.05. The SMILES string of the molecule is CC(Oc1ccc(F)cc1Cl)C(=O)N(C)Cc1cnn(C)c1. The number of rotatable bonds is 5. The highest BCUT2D eigenvalue weighted by Crippen LogP contribution is 2.26. The second kappa shape index (κ2) is 6.79. The Hall–Kier alpha value is -2.08. The van der Waals surface area contributed by atoms with Gasteiger partial charge in [-0.3, -0.25) is 9.48 Å². The van der Waals surface area contributed by atoms with Crippen molar-refractivity contribution in [2.75, 3.05) is 7.05 Å². The van der Waals surface area contributed by atoms with Crippen LogP contribution in [-0.2, 0) is 18.4 Å². The number of aryl methyl sites for hydroxylation is 1. The molecule has 0 aliphatic rings. The van der Waals surface area contributed by atoms with Crippen LogP contribution in [0.3, 0.4) is 0 Å². The zero-order chi connectivity index (χ0) is 16.3. The summed E-state index contributed by atoms with van der Waals surface area (Å²) in [4.78, 5) is 13.8. The van der Waals surface area contributed by atoms with Crippen LogP contribution in [0.5, 0.6) is 5.75 Å². The molecule has 1 aromatic heterocycles. The topological polar surface area (TPSA) is 47.4 Å². The quantitative estimate of drug-likeness (QED) is 0.849. The highest BCUT2D eigenvalue weighted by molar-refractivity contribution is 6.32. The van der Waals surface area contributed by atoms with Gasteiger partial charge in [-0.05, 0) is 25.1 Å². The molecule has 0 radical (unpaired) electrons. The lowest BCUT2D eigenvalue weighted by molar-refractivity contribution is -0.137. The molecular weight excluding hydrogens is 309 g/mol. The van der Waals surface area contributed by atoms with Gasteiger partial charge in [0.1, 0.15) is 11.6 Å². The third-order valence-corrected chi connectivity index (χ3v) is 3.40. The maximum Gasteiger partial charge on any atom is 0.263 e. The fourth-order valence-corrected chi connectivity index (χ4v) is 2.24. The van der Waals surface area contributed by atoms with Crippen LogP contribution in [0.25, 0.3) is 0 Å². The minimum absolute atomic E-state index is 0.134. The van der Waals surface area contributed by atoms with Gasteiger partial charge in [0.2, 0.25) is 0 Å². The fraction of sp³-hybridized carbons (Fsp3) is 0.333. The number of benzene rings is 1. The molecule has 0 fully saturated rings. The maximum atomic E-state index is 13.0. The van der Waals surface area contributed by atoms with Crippen LogP contribution in [0.1, 0.15) is 12.5 Å². The van der Waals surface area contributed by atoms with Gasteiger partial charge in [-0.1, -0.05) is 11.6 Å². The minimum atomic E-state index is -0.732. The summed E-state index contributed by atoms with van der Waals surface area (Å²) in [6.45, 7) is 2.05. The molecule has 0 N–H and O–H groups in total. The molecule has 1 amide bonds. The second-order valence-corrected chi connectivity index (χ2v) is 5.46. The fourth-order valence-electron chi connectivity index (χ4n) is 2.03. The van der Waals surface area contributed by atoms with Gasteiger partial charge in [0.15, 0.2) is 6.10 Å². The Morgan fingerprint density at radius 1 is 1.55 bits per heavy atom. The van der Waals surface area contributed by atoms with E-state index in [1.807, 2.05) is 13.2 Å². The Kier molecular flexibility index (Phi) is 5.03. The average Bonchev–Trinajstić information content (AvgIpc) is 2.86. The van der Waals surface area contributed by atoms with E-state index in [4.69, 9.17) is 16.3 Å². The molecule has 1 heterocycles. The maximum absolute atomic E-state index is 13.0. The van der Waals surface area contributed by atoms with Gasteiger partial charge in [0.25, 0.3) is 5.91 Å². The molecule has 118 valence electrons. The smallest absolute Gasteiger partial charge is 0.263 e. The molecule has 0 saturated carbocycles. The van der Waals surface area contributed by atoms with Crippen LogP contribution >= 0.6 is 11.6 Å². The van der Waals surface area contributed by atoms with Gasteiger partial charge in [-0.25, -0.2) is 4.39 Å². The first-order valence-electron chi connectivity index (χ1n) is 6.71. The Labute approximate surface area is 133 Å². The molecule has 0 aliphatic heterocycles. The van der Waals surface area contributed by atoms with Crippen molar-refractivity contribution in [1.82, 2.24) is 14.7 Å². The van der Waals surface area contributed by atoms with E-state index in [2.05, 4.69) is 5.10 Å². The van der Waals surface area contributed by atoms with Gasteiger partial charge in [-0.2, -0.15) is 5.10 Å². The van der Waals surface area contributed by atoms with E-state index in [0.29, 0.717) is 6.54 Å². The summed E-state index contributed by atoms with van der Waals surface area (Å²) < 4.78 is 20.2. The van der Waals surface area contributed by atoms with Crippen LogP contribution in [0, 0.1) is 5.82 Å². The van der Waals surface area contributed by atoms with Crippen molar-refractivity contribution in [1.29, 1.82) is 0 Å². The lowest BCUT2D eigenvalue weighted by atomic mass is 10.3. The van der Waals surface area contributed by atoms with Crippen LogP contribution < -0.4 is 4.74 Å². The molecule has 2 rings (SSSR count). The number of likely N-dealkylation sites (N-methyl/N-ethyl adjacent to an activating group) is 1. The number of carbonyl (C=O) groups is 1. The summed E-state index contributed by atoms with van der Waals surface area (Å²) in [6, 6.07) is 3.79. The number of carbonyl (C=O) groups excluding carboxylic acids is 1. The molecule has 1 atom stereocenters. The van der Waals surface area contributed by atoms with Crippen LogP contribution in [-0.4, -0.2) is 33.7 Å². The normalized spacial score (nSPS) is 12.0. The zero-order valence-corrected chi connectivity index (χ0v) is 13.3. The number of amides is 1. The van der Waals surface area contributed by atoms with Crippen molar-refractivity contribution >= 4 is 17.5 Å². The number of nitrogens with zero attached hydrogens (tertiary/aromatic N) is 3. The van der Waals surface area contributed by atoms with E-state index in [1.54, 1.807) is 29.7 Å². The first-order valence-corrected chi connectivity index (χ1v) is 7.09. The summed E-state index contributed by atoms with van der Waals surface area (Å²) >= 11 is 5.89. The molecule has 1 unspecified atom stereocenters. The predicted octanol–water partition coefficient (Wildman–Crippen LogP) is 2.64. The van der Waals surface area contributed by atoms with Crippen LogP contribution in [0.15, 0.2) is 30.6 Å². The monoisotopic (exact) mass is 325 g/mol. The van der Waals surface area contributed by atoms with Crippen molar-refractivity contribution in [2.45, 2.75) is 19.6 Å². The molecule has 5 nitrogen and oxygen atoms in total. The van der Waals surface area contributed by atoms with E-state index in [-0.39, 0.29) is 16.7 Å². The minimum Gasteiger partial charge on any atom is -0.479 e. The third-order valence-electron chi connectivity index (χ3n) is 3.10. The van der Waals surface area contributed by atoms with Crippen molar-refractivity contribution in [3.8, 4) is 5.75 Å². The zero-order valence-electron chi connectivity index (χ0n) is 12.6. The first-order chi connectivity index (χ1) is 10.4. The summed E-state index contributed by atoms with van der Waals surface area (Å²) in [7, 11) is 3.50. The van der Waals surface area contributed by atoms with Gasteiger partial charge in [0, 0.05) is 32.4 Å².